The Labute approximate surface area is 191 Å². The molecular formula is C21H35IN6O. The first-order valence-corrected chi connectivity index (χ1v) is 9.99. The van der Waals surface area contributed by atoms with E-state index in [2.05, 4.69) is 34.7 Å². The Kier molecular flexibility index (Phi) is 11.6. The van der Waals surface area contributed by atoms with Gasteiger partial charge in [0, 0.05) is 13.6 Å². The number of aromatic nitrogens is 3. The number of guanidine groups is 1. The Morgan fingerprint density at radius 2 is 1.86 bits per heavy atom. The summed E-state index contributed by atoms with van der Waals surface area (Å²) in [5.41, 5.74) is 1.14. The lowest BCUT2D eigenvalue weighted by Crippen LogP contribution is -2.38. The fraction of sp³-hybridized carbons (Fsp3) is 0.571. The molecule has 0 spiro atoms. The predicted molar refractivity (Wildman–Crippen MR) is 129 cm³/mol. The van der Waals surface area contributed by atoms with Gasteiger partial charge in [-0.1, -0.05) is 38.8 Å². The van der Waals surface area contributed by atoms with E-state index < -0.39 is 0 Å². The minimum Gasteiger partial charge on any atom is -0.497 e. The number of nitrogens with one attached hydrogen (secondary N) is 2. The first kappa shape index (κ1) is 25.2. The second-order valence-corrected chi connectivity index (χ2v) is 7.41. The summed E-state index contributed by atoms with van der Waals surface area (Å²) in [6.45, 7) is 8.56. The van der Waals surface area contributed by atoms with Crippen LogP contribution >= 0.6 is 24.0 Å². The smallest absolute Gasteiger partial charge is 0.191 e. The summed E-state index contributed by atoms with van der Waals surface area (Å²) in [7, 11) is 3.65. The van der Waals surface area contributed by atoms with Crippen molar-refractivity contribution in [3.05, 3.63) is 41.5 Å². The number of aryl methyl sites for hydroxylation is 1. The van der Waals surface area contributed by atoms with E-state index in [-0.39, 0.29) is 24.0 Å². The van der Waals surface area contributed by atoms with Gasteiger partial charge in [0.2, 0.25) is 0 Å². The summed E-state index contributed by atoms with van der Waals surface area (Å²) in [4.78, 5) is 4.73. The van der Waals surface area contributed by atoms with Crippen LogP contribution in [0.1, 0.15) is 50.3 Å². The van der Waals surface area contributed by atoms with Gasteiger partial charge in [0.05, 0.1) is 20.2 Å². The molecule has 162 valence electrons. The lowest BCUT2D eigenvalue weighted by molar-refractivity contribution is 0.414. The molecule has 0 aliphatic heterocycles. The maximum Gasteiger partial charge on any atom is 0.191 e. The Morgan fingerprint density at radius 1 is 1.14 bits per heavy atom. The molecule has 0 atom stereocenters. The number of aliphatic imine (C=N–C) groups is 1. The number of methoxy groups -OCH3 is 1. The summed E-state index contributed by atoms with van der Waals surface area (Å²) in [5, 5.41) is 15.1. The van der Waals surface area contributed by atoms with Crippen molar-refractivity contribution >= 4 is 29.9 Å². The highest BCUT2D eigenvalue weighted by Crippen LogP contribution is 2.12. The van der Waals surface area contributed by atoms with Crippen molar-refractivity contribution in [3.63, 3.8) is 0 Å². The molecule has 1 heterocycles. The normalized spacial score (nSPS) is 11.3. The minimum absolute atomic E-state index is 0. The molecule has 8 heteroatoms. The number of rotatable bonds is 10. The fourth-order valence-electron chi connectivity index (χ4n) is 2.73. The molecule has 7 nitrogen and oxygen atoms in total. The van der Waals surface area contributed by atoms with Crippen molar-refractivity contribution in [2.45, 2.75) is 53.1 Å². The van der Waals surface area contributed by atoms with Crippen molar-refractivity contribution in [2.24, 2.45) is 18.0 Å². The maximum absolute atomic E-state index is 5.21. The number of ether oxygens (including phenoxy) is 1. The molecule has 2 aromatic rings. The topological polar surface area (TPSA) is 76.4 Å². The number of benzene rings is 1. The lowest BCUT2D eigenvalue weighted by Gasteiger charge is -2.13. The number of hydrogen-bond donors (Lipinski definition) is 2. The molecule has 0 saturated heterocycles. The molecule has 2 rings (SSSR count). The number of hydrogen-bond acceptors (Lipinski definition) is 4. The molecule has 0 fully saturated rings. The van der Waals surface area contributed by atoms with Gasteiger partial charge in [-0.2, -0.15) is 0 Å². The zero-order valence-electron chi connectivity index (χ0n) is 18.2. The van der Waals surface area contributed by atoms with Gasteiger partial charge in [-0.3, -0.25) is 0 Å². The SMILES string of the molecule is COc1ccc(CN=C(NCCCCC(C)C)NCc2nnc(C)n2C)cc1.I. The summed E-state index contributed by atoms with van der Waals surface area (Å²) in [5.74, 6) is 4.18. The Balaban J connectivity index is 0.00000420. The van der Waals surface area contributed by atoms with Crippen LogP contribution in [0.4, 0.5) is 0 Å². The summed E-state index contributed by atoms with van der Waals surface area (Å²) in [6, 6.07) is 7.99. The molecule has 0 aliphatic carbocycles. The van der Waals surface area contributed by atoms with Crippen LogP contribution in [0, 0.1) is 12.8 Å². The lowest BCUT2D eigenvalue weighted by atomic mass is 10.1. The number of unbranched alkanes of at least 4 members (excludes halogenated alkanes) is 1. The van der Waals surface area contributed by atoms with Crippen molar-refractivity contribution < 1.29 is 4.74 Å². The number of halogens is 1. The average molecular weight is 514 g/mol. The molecule has 0 radical (unpaired) electrons. The first-order valence-electron chi connectivity index (χ1n) is 9.99. The number of nitrogens with zero attached hydrogens (tertiary/aromatic N) is 4. The standard InChI is InChI=1S/C21H34N6O.HI/c1-16(2)8-6-7-13-22-21(24-15-20-26-25-17(3)27(20)4)23-14-18-9-11-19(28-5)12-10-18;/h9-12,16H,6-8,13-15H2,1-5H3,(H2,22,23,24);1H. The third kappa shape index (κ3) is 9.01. The summed E-state index contributed by atoms with van der Waals surface area (Å²) in [6.07, 6.45) is 3.61. The Bertz CT molecular complexity index is 742. The molecule has 0 aliphatic rings. The molecule has 0 unspecified atom stereocenters. The Hall–Kier alpha value is -1.84. The predicted octanol–water partition coefficient (Wildman–Crippen LogP) is 3.81. The molecule has 1 aromatic heterocycles. The van der Waals surface area contributed by atoms with E-state index in [1.54, 1.807) is 7.11 Å². The van der Waals surface area contributed by atoms with Gasteiger partial charge in [-0.25, -0.2) is 4.99 Å². The first-order chi connectivity index (χ1) is 13.5. The molecule has 0 saturated carbocycles. The second-order valence-electron chi connectivity index (χ2n) is 7.41. The monoisotopic (exact) mass is 514 g/mol. The van der Waals surface area contributed by atoms with Gasteiger partial charge in [0.15, 0.2) is 11.8 Å². The van der Waals surface area contributed by atoms with Crippen LogP contribution in [-0.2, 0) is 20.1 Å². The van der Waals surface area contributed by atoms with Gasteiger partial charge >= 0.3 is 0 Å². The van der Waals surface area contributed by atoms with Crippen LogP contribution in [0.2, 0.25) is 0 Å². The molecule has 0 bridgehead atoms. The zero-order chi connectivity index (χ0) is 20.4. The zero-order valence-corrected chi connectivity index (χ0v) is 20.6. The van der Waals surface area contributed by atoms with Crippen molar-refractivity contribution in [1.82, 2.24) is 25.4 Å². The molecule has 1 aromatic carbocycles. The van der Waals surface area contributed by atoms with Crippen LogP contribution in [0.5, 0.6) is 5.75 Å². The molecular weight excluding hydrogens is 479 g/mol. The van der Waals surface area contributed by atoms with Crippen LogP contribution in [0.15, 0.2) is 29.3 Å². The van der Waals surface area contributed by atoms with E-state index in [1.165, 1.54) is 12.8 Å². The molecule has 29 heavy (non-hydrogen) atoms. The molecule has 2 N–H and O–H groups in total. The van der Waals surface area contributed by atoms with Crippen LogP contribution in [0.3, 0.4) is 0 Å². The van der Waals surface area contributed by atoms with Crippen LogP contribution < -0.4 is 15.4 Å². The van der Waals surface area contributed by atoms with E-state index in [0.29, 0.717) is 13.1 Å². The van der Waals surface area contributed by atoms with Crippen molar-refractivity contribution in [3.8, 4) is 5.75 Å². The maximum atomic E-state index is 5.21. The van der Waals surface area contributed by atoms with Gasteiger partial charge in [-0.05, 0) is 37.0 Å². The Morgan fingerprint density at radius 3 is 2.45 bits per heavy atom. The quantitative estimate of drug-likeness (QED) is 0.218. The highest BCUT2D eigenvalue weighted by Gasteiger charge is 2.06. The molecule has 0 amide bonds. The van der Waals surface area contributed by atoms with Gasteiger partial charge < -0.3 is 19.9 Å². The largest absolute Gasteiger partial charge is 0.497 e. The van der Waals surface area contributed by atoms with E-state index in [4.69, 9.17) is 9.73 Å². The van der Waals surface area contributed by atoms with Gasteiger partial charge in [0.1, 0.15) is 11.6 Å². The van der Waals surface area contributed by atoms with Gasteiger partial charge in [-0.15, -0.1) is 34.2 Å². The van der Waals surface area contributed by atoms with E-state index in [1.807, 2.05) is 42.8 Å². The highest BCUT2D eigenvalue weighted by molar-refractivity contribution is 14.0. The third-order valence-electron chi connectivity index (χ3n) is 4.68. The minimum atomic E-state index is 0. The van der Waals surface area contributed by atoms with Crippen LogP contribution in [0.25, 0.3) is 0 Å². The van der Waals surface area contributed by atoms with E-state index in [9.17, 15) is 0 Å². The van der Waals surface area contributed by atoms with Crippen molar-refractivity contribution in [2.75, 3.05) is 13.7 Å². The van der Waals surface area contributed by atoms with E-state index in [0.717, 1.165) is 47.8 Å². The van der Waals surface area contributed by atoms with Crippen molar-refractivity contribution in [1.29, 1.82) is 0 Å². The third-order valence-corrected chi connectivity index (χ3v) is 4.68. The van der Waals surface area contributed by atoms with E-state index >= 15 is 0 Å². The fourth-order valence-corrected chi connectivity index (χ4v) is 2.73. The highest BCUT2D eigenvalue weighted by atomic mass is 127. The van der Waals surface area contributed by atoms with Crippen LogP contribution in [-0.4, -0.2) is 34.4 Å². The summed E-state index contributed by atoms with van der Waals surface area (Å²) >= 11 is 0. The second kappa shape index (κ2) is 13.4. The average Bonchev–Trinajstić information content (AvgIpc) is 3.01. The summed E-state index contributed by atoms with van der Waals surface area (Å²) < 4.78 is 7.20. The van der Waals surface area contributed by atoms with Gasteiger partial charge in [0.25, 0.3) is 0 Å².